The lowest BCUT2D eigenvalue weighted by atomic mass is 9.88. The number of rotatable bonds is 5. The molecule has 11 heteroatoms. The predicted molar refractivity (Wildman–Crippen MR) is 115 cm³/mol. The fourth-order valence-electron chi connectivity index (χ4n) is 3.33. The summed E-state index contributed by atoms with van der Waals surface area (Å²) >= 11 is 19.1. The number of thiophene rings is 1. The predicted octanol–water partition coefficient (Wildman–Crippen LogP) is 6.63. The smallest absolute Gasteiger partial charge is 0.374 e. The maximum Gasteiger partial charge on any atom is 0.435 e. The van der Waals surface area contributed by atoms with E-state index in [9.17, 15) is 18.0 Å². The minimum atomic E-state index is -4.79. The van der Waals surface area contributed by atoms with Crippen molar-refractivity contribution >= 4 is 57.8 Å². The van der Waals surface area contributed by atoms with E-state index in [0.717, 1.165) is 35.4 Å². The number of carbonyl (C=O) groups excluding carboxylic acids is 1. The van der Waals surface area contributed by atoms with E-state index in [4.69, 9.17) is 39.6 Å². The van der Waals surface area contributed by atoms with Crippen molar-refractivity contribution in [1.29, 1.82) is 0 Å². The van der Waals surface area contributed by atoms with Crippen LogP contribution >= 0.6 is 46.1 Å². The molecule has 1 amide bonds. The molecular weight excluding hydrogens is 496 g/mol. The van der Waals surface area contributed by atoms with Gasteiger partial charge < -0.3 is 10.2 Å². The van der Waals surface area contributed by atoms with Crippen molar-refractivity contribution < 1.29 is 22.8 Å². The summed E-state index contributed by atoms with van der Waals surface area (Å²) in [6.45, 7) is 2.16. The molecule has 1 fully saturated rings. The Kier molecular flexibility index (Phi) is 5.96. The molecule has 4 nitrogen and oxygen atoms in total. The van der Waals surface area contributed by atoms with Crippen LogP contribution in [0.25, 0.3) is 0 Å². The molecule has 166 valence electrons. The van der Waals surface area contributed by atoms with Crippen LogP contribution in [0.3, 0.4) is 0 Å². The van der Waals surface area contributed by atoms with Gasteiger partial charge in [0.15, 0.2) is 0 Å². The number of nitrogens with one attached hydrogen (secondary N) is 1. The Bertz CT molecular complexity index is 1060. The van der Waals surface area contributed by atoms with Gasteiger partial charge in [0.25, 0.3) is 5.60 Å². The Morgan fingerprint density at radius 1 is 1.26 bits per heavy atom. The van der Waals surface area contributed by atoms with E-state index in [-0.39, 0.29) is 38.2 Å². The van der Waals surface area contributed by atoms with Gasteiger partial charge in [0.1, 0.15) is 5.71 Å². The third kappa shape index (κ3) is 4.27. The van der Waals surface area contributed by atoms with Crippen LogP contribution in [-0.4, -0.2) is 17.8 Å². The van der Waals surface area contributed by atoms with E-state index in [1.165, 1.54) is 11.3 Å². The summed E-state index contributed by atoms with van der Waals surface area (Å²) in [5, 5.41) is 6.39. The molecule has 0 radical (unpaired) electrons. The van der Waals surface area contributed by atoms with Crippen LogP contribution in [0.2, 0.25) is 15.1 Å². The molecule has 1 atom stereocenters. The van der Waals surface area contributed by atoms with E-state index < -0.39 is 18.2 Å². The number of hydrogen-bond donors (Lipinski definition) is 1. The number of nitrogens with zero attached hydrogens (tertiary/aromatic N) is 1. The topological polar surface area (TPSA) is 50.7 Å². The average molecular weight is 512 g/mol. The number of amides is 1. The van der Waals surface area contributed by atoms with Crippen molar-refractivity contribution in [2.75, 3.05) is 0 Å². The highest BCUT2D eigenvalue weighted by molar-refractivity contribution is 7.14. The minimum absolute atomic E-state index is 0.00118. The molecule has 2 aromatic rings. The molecule has 1 aliphatic heterocycles. The largest absolute Gasteiger partial charge is 0.435 e. The van der Waals surface area contributed by atoms with Gasteiger partial charge in [-0.3, -0.25) is 4.79 Å². The Hall–Kier alpha value is -1.48. The highest BCUT2D eigenvalue weighted by atomic mass is 35.5. The van der Waals surface area contributed by atoms with Gasteiger partial charge in [0.2, 0.25) is 5.91 Å². The standard InChI is InChI=1S/C20H16Cl3F3N2O2S/c1-9-11(8-27-18(29)10-2-3-10)4-16(31-9)15-7-19(30-28-15,20(24,25)26)12-5-13(21)17(23)14(22)6-12/h4-6,10H,2-3,7-8H2,1H3,(H,27,29). The number of hydrogen-bond acceptors (Lipinski definition) is 4. The van der Waals surface area contributed by atoms with E-state index >= 15 is 0 Å². The SMILES string of the molecule is Cc1sc(C2=NOC(c3cc(Cl)c(Cl)c(Cl)c3)(C(F)(F)F)C2)cc1CNC(=O)C1CC1. The summed E-state index contributed by atoms with van der Waals surface area (Å²) in [7, 11) is 0. The third-order valence-electron chi connectivity index (χ3n) is 5.34. The van der Waals surface area contributed by atoms with Crippen molar-refractivity contribution in [2.45, 2.75) is 44.5 Å². The molecule has 1 aliphatic carbocycles. The molecule has 4 rings (SSSR count). The van der Waals surface area contributed by atoms with Crippen LogP contribution in [0, 0.1) is 12.8 Å². The zero-order valence-corrected chi connectivity index (χ0v) is 19.2. The second-order valence-electron chi connectivity index (χ2n) is 7.57. The van der Waals surface area contributed by atoms with Gasteiger partial charge in [-0.15, -0.1) is 11.3 Å². The van der Waals surface area contributed by atoms with Crippen molar-refractivity contribution in [3.05, 3.63) is 54.1 Å². The summed E-state index contributed by atoms with van der Waals surface area (Å²) in [5.74, 6) is 0.0812. The van der Waals surface area contributed by atoms with Gasteiger partial charge in [0, 0.05) is 22.9 Å². The van der Waals surface area contributed by atoms with Crippen molar-refractivity contribution in [2.24, 2.45) is 11.1 Å². The first-order valence-electron chi connectivity index (χ1n) is 9.36. The fourth-order valence-corrected chi connectivity index (χ4v) is 4.95. The highest BCUT2D eigenvalue weighted by Crippen LogP contribution is 2.51. The Labute approximate surface area is 195 Å². The van der Waals surface area contributed by atoms with Crippen molar-refractivity contribution in [1.82, 2.24) is 5.32 Å². The first-order chi connectivity index (χ1) is 14.5. The number of alkyl halides is 3. The van der Waals surface area contributed by atoms with Gasteiger partial charge in [-0.2, -0.15) is 13.2 Å². The highest BCUT2D eigenvalue weighted by Gasteiger charge is 2.62. The first kappa shape index (κ1) is 22.7. The van der Waals surface area contributed by atoms with Crippen molar-refractivity contribution in [3.63, 3.8) is 0 Å². The number of carbonyl (C=O) groups is 1. The monoisotopic (exact) mass is 510 g/mol. The quantitative estimate of drug-likeness (QED) is 0.458. The first-order valence-corrected chi connectivity index (χ1v) is 11.3. The maximum absolute atomic E-state index is 14.2. The molecular formula is C20H16Cl3F3N2O2S. The summed E-state index contributed by atoms with van der Waals surface area (Å²) in [5.41, 5.74) is -2.01. The Morgan fingerprint density at radius 2 is 1.90 bits per heavy atom. The van der Waals surface area contributed by atoms with Crippen LogP contribution in [0.1, 0.15) is 40.1 Å². The molecule has 2 aliphatic rings. The lowest BCUT2D eigenvalue weighted by molar-refractivity contribution is -0.275. The second kappa shape index (κ2) is 8.14. The Morgan fingerprint density at radius 3 is 2.48 bits per heavy atom. The normalized spacial score (nSPS) is 21.1. The molecule has 1 unspecified atom stereocenters. The second-order valence-corrected chi connectivity index (χ2v) is 10.0. The molecule has 1 aromatic carbocycles. The van der Waals surface area contributed by atoms with Crippen LogP contribution in [-0.2, 0) is 21.8 Å². The van der Waals surface area contributed by atoms with E-state index in [0.29, 0.717) is 11.4 Å². The van der Waals surface area contributed by atoms with Gasteiger partial charge in [-0.05, 0) is 43.5 Å². The van der Waals surface area contributed by atoms with Gasteiger partial charge >= 0.3 is 6.18 Å². The van der Waals surface area contributed by atoms with E-state index in [2.05, 4.69) is 10.5 Å². The van der Waals surface area contributed by atoms with Gasteiger partial charge in [-0.25, -0.2) is 0 Å². The number of halogens is 6. The molecule has 1 saturated carbocycles. The summed E-state index contributed by atoms with van der Waals surface area (Å²) in [6.07, 6.45) is -3.54. The molecule has 31 heavy (non-hydrogen) atoms. The third-order valence-corrected chi connectivity index (χ3v) is 7.68. The molecule has 2 heterocycles. The lowest BCUT2D eigenvalue weighted by Gasteiger charge is -2.29. The Balaban J connectivity index is 1.59. The van der Waals surface area contributed by atoms with Crippen LogP contribution < -0.4 is 5.32 Å². The van der Waals surface area contributed by atoms with Crippen molar-refractivity contribution in [3.8, 4) is 0 Å². The van der Waals surface area contributed by atoms with Crippen LogP contribution in [0.15, 0.2) is 23.4 Å². The van der Waals surface area contributed by atoms with Crippen LogP contribution in [0.5, 0.6) is 0 Å². The molecule has 1 aromatic heterocycles. The maximum atomic E-state index is 14.2. The van der Waals surface area contributed by atoms with E-state index in [1.807, 2.05) is 6.92 Å². The van der Waals surface area contributed by atoms with Gasteiger partial charge in [0.05, 0.1) is 26.4 Å². The average Bonchev–Trinajstić information content (AvgIpc) is 3.33. The summed E-state index contributed by atoms with van der Waals surface area (Å²) in [4.78, 5) is 18.3. The van der Waals surface area contributed by atoms with Gasteiger partial charge in [-0.1, -0.05) is 40.0 Å². The molecule has 0 bridgehead atoms. The number of benzene rings is 1. The molecule has 0 saturated heterocycles. The lowest BCUT2D eigenvalue weighted by Crippen LogP contribution is -2.42. The number of aryl methyl sites for hydroxylation is 1. The number of oxime groups is 1. The molecule has 1 N–H and O–H groups in total. The summed E-state index contributed by atoms with van der Waals surface area (Å²) in [6, 6.07) is 3.93. The minimum Gasteiger partial charge on any atom is -0.374 e. The molecule has 0 spiro atoms. The van der Waals surface area contributed by atoms with E-state index in [1.54, 1.807) is 6.07 Å². The zero-order chi connectivity index (χ0) is 22.6. The summed E-state index contributed by atoms with van der Waals surface area (Å²) < 4.78 is 42.5. The fraction of sp³-hybridized carbons (Fsp3) is 0.400. The zero-order valence-electron chi connectivity index (χ0n) is 16.1. The van der Waals surface area contributed by atoms with Crippen LogP contribution in [0.4, 0.5) is 13.2 Å².